The molecule has 0 aromatic heterocycles. The minimum Gasteiger partial charge on any atom is -0.118 e. The fraction of sp³-hybridized carbons (Fsp3) is 0.700. The van der Waals surface area contributed by atoms with Gasteiger partial charge in [0.05, 0.1) is 5.38 Å². The van der Waals surface area contributed by atoms with Gasteiger partial charge in [0, 0.05) is 0 Å². The van der Waals surface area contributed by atoms with Crippen LogP contribution in [-0.2, 0) is 0 Å². The molecule has 0 saturated carbocycles. The van der Waals surface area contributed by atoms with Crippen LogP contribution in [0.5, 0.6) is 0 Å². The largest absolute Gasteiger partial charge is 0.118 e. The van der Waals surface area contributed by atoms with Gasteiger partial charge in [-0.3, -0.25) is 0 Å². The molecular formula is C20H33Cl. The monoisotopic (exact) mass is 308 g/mol. The summed E-state index contributed by atoms with van der Waals surface area (Å²) in [7, 11) is 0. The summed E-state index contributed by atoms with van der Waals surface area (Å²) < 4.78 is 0. The van der Waals surface area contributed by atoms with Crippen LogP contribution >= 0.6 is 11.6 Å². The van der Waals surface area contributed by atoms with E-state index in [0.29, 0.717) is 23.2 Å². The SMILES string of the molecule is CC(C)c1ccc(C(Cl)CC(C)C(C)(C)C)c(C(C)C)c1. The van der Waals surface area contributed by atoms with Crippen molar-refractivity contribution < 1.29 is 0 Å². The van der Waals surface area contributed by atoms with Crippen molar-refractivity contribution in [2.24, 2.45) is 11.3 Å². The molecule has 1 rings (SSSR count). The topological polar surface area (TPSA) is 0 Å². The molecule has 0 nitrogen and oxygen atoms in total. The molecule has 21 heavy (non-hydrogen) atoms. The fourth-order valence-electron chi connectivity index (χ4n) is 2.53. The average molecular weight is 309 g/mol. The number of alkyl halides is 1. The summed E-state index contributed by atoms with van der Waals surface area (Å²) in [6.45, 7) is 18.2. The Morgan fingerprint density at radius 3 is 1.90 bits per heavy atom. The van der Waals surface area contributed by atoms with Crippen LogP contribution in [0.2, 0.25) is 0 Å². The van der Waals surface area contributed by atoms with Gasteiger partial charge in [0.25, 0.3) is 0 Å². The van der Waals surface area contributed by atoms with Crippen molar-refractivity contribution in [3.8, 4) is 0 Å². The third kappa shape index (κ3) is 5.02. The number of hydrogen-bond donors (Lipinski definition) is 0. The van der Waals surface area contributed by atoms with Gasteiger partial charge < -0.3 is 0 Å². The van der Waals surface area contributed by atoms with Crippen LogP contribution in [0.3, 0.4) is 0 Å². The Balaban J connectivity index is 3.06. The van der Waals surface area contributed by atoms with Gasteiger partial charge in [-0.2, -0.15) is 0 Å². The Morgan fingerprint density at radius 2 is 1.48 bits per heavy atom. The Bertz CT molecular complexity index is 451. The minimum absolute atomic E-state index is 0.109. The van der Waals surface area contributed by atoms with Crippen LogP contribution in [0.15, 0.2) is 18.2 Å². The maximum absolute atomic E-state index is 6.79. The van der Waals surface area contributed by atoms with Gasteiger partial charge in [-0.15, -0.1) is 11.6 Å². The van der Waals surface area contributed by atoms with E-state index in [9.17, 15) is 0 Å². The van der Waals surface area contributed by atoms with E-state index in [1.54, 1.807) is 0 Å². The molecule has 2 atom stereocenters. The third-order valence-electron chi connectivity index (χ3n) is 4.78. The first-order valence-corrected chi connectivity index (χ1v) is 8.75. The average Bonchev–Trinajstić information content (AvgIpc) is 2.36. The molecular weight excluding hydrogens is 276 g/mol. The van der Waals surface area contributed by atoms with Gasteiger partial charge in [0.15, 0.2) is 0 Å². The first kappa shape index (κ1) is 18.6. The predicted octanol–water partition coefficient (Wildman–Crippen LogP) is 7.29. The van der Waals surface area contributed by atoms with Gasteiger partial charge in [-0.05, 0) is 46.3 Å². The lowest BCUT2D eigenvalue weighted by Gasteiger charge is -2.30. The minimum atomic E-state index is 0.109. The number of halogens is 1. The molecule has 1 aromatic carbocycles. The highest BCUT2D eigenvalue weighted by atomic mass is 35.5. The Kier molecular flexibility index (Phi) is 6.35. The number of benzene rings is 1. The molecule has 0 amide bonds. The second-order valence-corrected chi connectivity index (χ2v) is 8.69. The lowest BCUT2D eigenvalue weighted by Crippen LogP contribution is -2.19. The van der Waals surface area contributed by atoms with E-state index in [1.165, 1.54) is 16.7 Å². The molecule has 120 valence electrons. The van der Waals surface area contributed by atoms with Crippen molar-refractivity contribution in [3.63, 3.8) is 0 Å². The number of rotatable bonds is 5. The maximum Gasteiger partial charge on any atom is 0.0590 e. The van der Waals surface area contributed by atoms with Crippen LogP contribution in [0.4, 0.5) is 0 Å². The van der Waals surface area contributed by atoms with Crippen molar-refractivity contribution in [2.75, 3.05) is 0 Å². The molecule has 0 radical (unpaired) electrons. The van der Waals surface area contributed by atoms with E-state index in [2.05, 4.69) is 73.6 Å². The van der Waals surface area contributed by atoms with Gasteiger partial charge in [-0.1, -0.05) is 73.6 Å². The highest BCUT2D eigenvalue weighted by molar-refractivity contribution is 6.20. The van der Waals surface area contributed by atoms with Crippen molar-refractivity contribution >= 4 is 11.6 Å². The molecule has 0 N–H and O–H groups in total. The zero-order valence-electron chi connectivity index (χ0n) is 15.1. The van der Waals surface area contributed by atoms with Gasteiger partial charge >= 0.3 is 0 Å². The van der Waals surface area contributed by atoms with Crippen molar-refractivity contribution in [2.45, 2.75) is 79.0 Å². The highest BCUT2D eigenvalue weighted by Crippen LogP contribution is 2.39. The van der Waals surface area contributed by atoms with E-state index < -0.39 is 0 Å². The summed E-state index contributed by atoms with van der Waals surface area (Å²) in [6, 6.07) is 6.88. The third-order valence-corrected chi connectivity index (χ3v) is 5.19. The summed E-state index contributed by atoms with van der Waals surface area (Å²) in [5, 5.41) is 0.109. The van der Waals surface area contributed by atoms with Gasteiger partial charge in [0.2, 0.25) is 0 Å². The summed E-state index contributed by atoms with van der Waals surface area (Å²) in [4.78, 5) is 0. The first-order chi connectivity index (χ1) is 9.54. The highest BCUT2D eigenvalue weighted by Gasteiger charge is 2.25. The van der Waals surface area contributed by atoms with E-state index in [-0.39, 0.29) is 5.38 Å². The molecule has 0 aliphatic carbocycles. The molecule has 0 bridgehead atoms. The molecule has 2 unspecified atom stereocenters. The van der Waals surface area contributed by atoms with Crippen molar-refractivity contribution in [1.29, 1.82) is 0 Å². The summed E-state index contributed by atoms with van der Waals surface area (Å²) >= 11 is 6.79. The summed E-state index contributed by atoms with van der Waals surface area (Å²) in [6.07, 6.45) is 1.03. The normalized spacial score (nSPS) is 15.6. The second kappa shape index (κ2) is 7.18. The smallest absolute Gasteiger partial charge is 0.0590 e. The van der Waals surface area contributed by atoms with Crippen LogP contribution in [0.1, 0.15) is 95.7 Å². The lowest BCUT2D eigenvalue weighted by molar-refractivity contribution is 0.245. The predicted molar refractivity (Wildman–Crippen MR) is 96.5 cm³/mol. The van der Waals surface area contributed by atoms with Crippen LogP contribution in [-0.4, -0.2) is 0 Å². The van der Waals surface area contributed by atoms with E-state index in [1.807, 2.05) is 0 Å². The van der Waals surface area contributed by atoms with Gasteiger partial charge in [-0.25, -0.2) is 0 Å². The number of hydrogen-bond acceptors (Lipinski definition) is 0. The standard InChI is InChI=1S/C20H33Cl/c1-13(2)16-9-10-17(18(12-16)14(3)4)19(21)11-15(5)20(6,7)8/h9-10,12-15,19H,11H2,1-8H3. The van der Waals surface area contributed by atoms with Crippen molar-refractivity contribution in [3.05, 3.63) is 34.9 Å². The molecule has 1 heteroatoms. The zero-order chi connectivity index (χ0) is 16.4. The zero-order valence-corrected chi connectivity index (χ0v) is 15.9. The molecule has 0 aliphatic rings. The van der Waals surface area contributed by atoms with Crippen LogP contribution in [0, 0.1) is 11.3 Å². The Hall–Kier alpha value is -0.490. The molecule has 0 saturated heterocycles. The maximum atomic E-state index is 6.79. The van der Waals surface area contributed by atoms with Crippen LogP contribution in [0.25, 0.3) is 0 Å². The Labute approximate surface area is 137 Å². The molecule has 0 spiro atoms. The first-order valence-electron chi connectivity index (χ1n) is 8.31. The van der Waals surface area contributed by atoms with Crippen molar-refractivity contribution in [1.82, 2.24) is 0 Å². The van der Waals surface area contributed by atoms with E-state index in [0.717, 1.165) is 6.42 Å². The summed E-state index contributed by atoms with van der Waals surface area (Å²) in [5.41, 5.74) is 4.47. The lowest BCUT2D eigenvalue weighted by atomic mass is 9.78. The summed E-state index contributed by atoms with van der Waals surface area (Å²) in [5.74, 6) is 1.69. The molecule has 0 heterocycles. The van der Waals surface area contributed by atoms with Crippen LogP contribution < -0.4 is 0 Å². The van der Waals surface area contributed by atoms with E-state index in [4.69, 9.17) is 11.6 Å². The van der Waals surface area contributed by atoms with Gasteiger partial charge in [0.1, 0.15) is 0 Å². The Morgan fingerprint density at radius 1 is 0.905 bits per heavy atom. The second-order valence-electron chi connectivity index (χ2n) is 8.17. The fourth-order valence-corrected chi connectivity index (χ4v) is 2.99. The quantitative estimate of drug-likeness (QED) is 0.501. The van der Waals surface area contributed by atoms with E-state index >= 15 is 0 Å². The molecule has 0 aliphatic heterocycles. The molecule has 1 aromatic rings. The molecule has 0 fully saturated rings.